The Kier molecular flexibility index (Phi) is 8.15. The zero-order valence-electron chi connectivity index (χ0n) is 19.1. The lowest BCUT2D eigenvalue weighted by Gasteiger charge is -2.26. The second-order valence-corrected chi connectivity index (χ2v) is 10.1. The van der Waals surface area contributed by atoms with E-state index in [4.69, 9.17) is 4.74 Å². The van der Waals surface area contributed by atoms with Gasteiger partial charge in [0.15, 0.2) is 0 Å². The number of hydrogen-bond donors (Lipinski definition) is 1. The molecule has 1 heterocycles. The Balaban J connectivity index is 1.72. The SMILES string of the molecule is CCOc1ccc(CCC(=O)Nc2cc(S(=O)(=O)N3CCCCC3)ccc2N(C)C)cc1. The van der Waals surface area contributed by atoms with Gasteiger partial charge in [0.05, 0.1) is 22.9 Å². The van der Waals surface area contributed by atoms with Crippen molar-refractivity contribution in [2.45, 2.75) is 43.9 Å². The van der Waals surface area contributed by atoms with Crippen LogP contribution in [0.2, 0.25) is 0 Å². The van der Waals surface area contributed by atoms with Gasteiger partial charge in [0.1, 0.15) is 5.75 Å². The van der Waals surface area contributed by atoms with Gasteiger partial charge in [-0.2, -0.15) is 4.31 Å². The monoisotopic (exact) mass is 459 g/mol. The molecule has 2 aromatic carbocycles. The Morgan fingerprint density at radius 3 is 2.38 bits per heavy atom. The summed E-state index contributed by atoms with van der Waals surface area (Å²) in [6.45, 7) is 3.64. The van der Waals surface area contributed by atoms with Crippen LogP contribution < -0.4 is 15.0 Å². The van der Waals surface area contributed by atoms with Crippen LogP contribution in [0.1, 0.15) is 38.2 Å². The van der Waals surface area contributed by atoms with Crippen LogP contribution in [0.5, 0.6) is 5.75 Å². The maximum Gasteiger partial charge on any atom is 0.243 e. The maximum absolute atomic E-state index is 13.1. The number of anilines is 2. The van der Waals surface area contributed by atoms with Crippen LogP contribution in [0.25, 0.3) is 0 Å². The molecule has 1 fully saturated rings. The molecule has 0 spiro atoms. The van der Waals surface area contributed by atoms with Crippen LogP contribution in [0.15, 0.2) is 47.4 Å². The molecule has 2 aromatic rings. The van der Waals surface area contributed by atoms with Gasteiger partial charge in [0.25, 0.3) is 0 Å². The molecule has 1 aliphatic rings. The van der Waals surface area contributed by atoms with Gasteiger partial charge in [0.2, 0.25) is 15.9 Å². The van der Waals surface area contributed by atoms with Gasteiger partial charge >= 0.3 is 0 Å². The van der Waals surface area contributed by atoms with Crippen LogP contribution in [-0.4, -0.2) is 52.4 Å². The Morgan fingerprint density at radius 2 is 1.75 bits per heavy atom. The third-order valence-electron chi connectivity index (χ3n) is 5.55. The summed E-state index contributed by atoms with van der Waals surface area (Å²) in [6, 6.07) is 12.7. The molecule has 1 N–H and O–H groups in total. The number of piperidine rings is 1. The fourth-order valence-electron chi connectivity index (χ4n) is 3.81. The van der Waals surface area contributed by atoms with Crippen molar-refractivity contribution >= 4 is 27.3 Å². The summed E-state index contributed by atoms with van der Waals surface area (Å²) in [5, 5.41) is 2.92. The fraction of sp³-hybridized carbons (Fsp3) is 0.458. The van der Waals surface area contributed by atoms with Crippen LogP contribution in [0, 0.1) is 0 Å². The number of carbonyl (C=O) groups excluding carboxylic acids is 1. The molecule has 3 rings (SSSR count). The third-order valence-corrected chi connectivity index (χ3v) is 7.45. The van der Waals surface area contributed by atoms with Crippen LogP contribution in [-0.2, 0) is 21.2 Å². The molecule has 1 amide bonds. The van der Waals surface area contributed by atoms with Crippen molar-refractivity contribution in [2.24, 2.45) is 0 Å². The lowest BCUT2D eigenvalue weighted by Crippen LogP contribution is -2.35. The van der Waals surface area contributed by atoms with Crippen molar-refractivity contribution in [1.82, 2.24) is 4.31 Å². The number of benzene rings is 2. The van der Waals surface area contributed by atoms with Gasteiger partial charge in [-0.05, 0) is 62.1 Å². The molecule has 1 aliphatic heterocycles. The van der Waals surface area contributed by atoms with Gasteiger partial charge in [-0.15, -0.1) is 0 Å². The van der Waals surface area contributed by atoms with E-state index >= 15 is 0 Å². The number of aryl methyl sites for hydroxylation is 1. The molecule has 0 aromatic heterocycles. The molecule has 174 valence electrons. The summed E-state index contributed by atoms with van der Waals surface area (Å²) in [5.41, 5.74) is 2.31. The minimum atomic E-state index is -3.58. The van der Waals surface area contributed by atoms with E-state index in [0.717, 1.165) is 36.3 Å². The number of rotatable bonds is 9. The molecule has 0 bridgehead atoms. The van der Waals surface area contributed by atoms with E-state index < -0.39 is 10.0 Å². The second kappa shape index (κ2) is 10.8. The first-order chi connectivity index (χ1) is 15.3. The molecular formula is C24H33N3O4S. The van der Waals surface area contributed by atoms with E-state index in [-0.39, 0.29) is 10.8 Å². The minimum Gasteiger partial charge on any atom is -0.494 e. The number of amides is 1. The quantitative estimate of drug-likeness (QED) is 0.615. The molecule has 0 saturated carbocycles. The van der Waals surface area contributed by atoms with Crippen molar-refractivity contribution in [3.63, 3.8) is 0 Å². The number of ether oxygens (including phenoxy) is 1. The highest BCUT2D eigenvalue weighted by Crippen LogP contribution is 2.30. The molecule has 32 heavy (non-hydrogen) atoms. The van der Waals surface area contributed by atoms with E-state index in [9.17, 15) is 13.2 Å². The number of hydrogen-bond acceptors (Lipinski definition) is 5. The van der Waals surface area contributed by atoms with Crippen LogP contribution in [0.3, 0.4) is 0 Å². The average Bonchev–Trinajstić information content (AvgIpc) is 2.79. The van der Waals surface area contributed by atoms with Gasteiger partial charge in [-0.1, -0.05) is 18.6 Å². The van der Waals surface area contributed by atoms with Crippen molar-refractivity contribution < 1.29 is 17.9 Å². The lowest BCUT2D eigenvalue weighted by atomic mass is 10.1. The molecule has 7 nitrogen and oxygen atoms in total. The predicted molar refractivity (Wildman–Crippen MR) is 128 cm³/mol. The summed E-state index contributed by atoms with van der Waals surface area (Å²) in [5.74, 6) is 0.651. The molecule has 0 atom stereocenters. The highest BCUT2D eigenvalue weighted by molar-refractivity contribution is 7.89. The minimum absolute atomic E-state index is 0.158. The normalized spacial score (nSPS) is 14.7. The Bertz CT molecular complexity index is 1010. The average molecular weight is 460 g/mol. The van der Waals surface area contributed by atoms with Gasteiger partial charge in [-0.3, -0.25) is 4.79 Å². The molecule has 0 unspecified atom stereocenters. The summed E-state index contributed by atoms with van der Waals surface area (Å²) < 4.78 is 33.1. The predicted octanol–water partition coefficient (Wildman–Crippen LogP) is 3.90. The smallest absolute Gasteiger partial charge is 0.243 e. The van der Waals surface area contributed by atoms with E-state index in [2.05, 4.69) is 5.32 Å². The Labute approximate surface area is 191 Å². The number of nitrogens with one attached hydrogen (secondary N) is 1. The van der Waals surface area contributed by atoms with Crippen molar-refractivity contribution in [3.05, 3.63) is 48.0 Å². The highest BCUT2D eigenvalue weighted by atomic mass is 32.2. The highest BCUT2D eigenvalue weighted by Gasteiger charge is 2.27. The Morgan fingerprint density at radius 1 is 1.06 bits per heavy atom. The van der Waals surface area contributed by atoms with Crippen LogP contribution in [0.4, 0.5) is 11.4 Å². The van der Waals surface area contributed by atoms with E-state index in [1.54, 1.807) is 22.5 Å². The largest absolute Gasteiger partial charge is 0.494 e. The maximum atomic E-state index is 13.1. The second-order valence-electron chi connectivity index (χ2n) is 8.16. The summed E-state index contributed by atoms with van der Waals surface area (Å²) in [6.07, 6.45) is 3.70. The molecule has 0 aliphatic carbocycles. The fourth-order valence-corrected chi connectivity index (χ4v) is 5.35. The first-order valence-electron chi connectivity index (χ1n) is 11.1. The van der Waals surface area contributed by atoms with E-state index in [0.29, 0.717) is 38.2 Å². The third kappa shape index (κ3) is 6.01. The zero-order valence-corrected chi connectivity index (χ0v) is 20.0. The van der Waals surface area contributed by atoms with E-state index in [1.165, 1.54) is 0 Å². The molecule has 1 saturated heterocycles. The number of sulfonamides is 1. The molecule has 8 heteroatoms. The van der Waals surface area contributed by atoms with Crippen molar-refractivity contribution in [1.29, 1.82) is 0 Å². The topological polar surface area (TPSA) is 78.9 Å². The number of nitrogens with zero attached hydrogens (tertiary/aromatic N) is 2. The lowest BCUT2D eigenvalue weighted by molar-refractivity contribution is -0.116. The Hall–Kier alpha value is -2.58. The van der Waals surface area contributed by atoms with Gasteiger partial charge < -0.3 is 15.0 Å². The van der Waals surface area contributed by atoms with Crippen molar-refractivity contribution in [3.8, 4) is 5.75 Å². The first-order valence-corrected chi connectivity index (χ1v) is 12.6. The first kappa shape index (κ1) is 24.1. The zero-order chi connectivity index (χ0) is 23.1. The van der Waals surface area contributed by atoms with Gasteiger partial charge in [-0.25, -0.2) is 8.42 Å². The van der Waals surface area contributed by atoms with Crippen LogP contribution >= 0.6 is 0 Å². The molecule has 0 radical (unpaired) electrons. The van der Waals surface area contributed by atoms with E-state index in [1.807, 2.05) is 50.2 Å². The standard InChI is InChI=1S/C24H33N3O4S/c1-4-31-20-11-8-19(9-12-20)10-15-24(28)25-22-18-21(13-14-23(22)26(2)3)32(29,30)27-16-6-5-7-17-27/h8-9,11-14,18H,4-7,10,15-17H2,1-3H3,(H,25,28). The van der Waals surface area contributed by atoms with Gasteiger partial charge in [0, 0.05) is 33.6 Å². The summed E-state index contributed by atoms with van der Waals surface area (Å²) >= 11 is 0. The molecular weight excluding hydrogens is 426 g/mol. The van der Waals surface area contributed by atoms with Crippen molar-refractivity contribution in [2.75, 3.05) is 44.0 Å². The summed E-state index contributed by atoms with van der Waals surface area (Å²) in [7, 11) is 0.154. The summed E-state index contributed by atoms with van der Waals surface area (Å²) in [4.78, 5) is 14.8. The number of carbonyl (C=O) groups is 1.